The second-order valence-electron chi connectivity index (χ2n) is 4.08. The third kappa shape index (κ3) is 2.54. The van der Waals surface area contributed by atoms with Crippen LogP contribution in [0.4, 0.5) is 0 Å². The third-order valence-corrected chi connectivity index (χ3v) is 2.88. The first-order valence-corrected chi connectivity index (χ1v) is 5.28. The maximum absolute atomic E-state index is 12.0. The van der Waals surface area contributed by atoms with Gasteiger partial charge < -0.3 is 11.1 Å². The number of carbonyl (C=O) groups excluding carboxylic acids is 1. The van der Waals surface area contributed by atoms with Gasteiger partial charge in [0.15, 0.2) is 5.82 Å². The molecule has 7 nitrogen and oxygen atoms in total. The lowest BCUT2D eigenvalue weighted by atomic mass is 9.86. The molecule has 16 heavy (non-hydrogen) atoms. The molecule has 1 aromatic heterocycles. The van der Waals surface area contributed by atoms with Crippen molar-refractivity contribution < 1.29 is 4.79 Å². The van der Waals surface area contributed by atoms with Gasteiger partial charge in [-0.3, -0.25) is 4.79 Å². The van der Waals surface area contributed by atoms with Crippen LogP contribution >= 0.6 is 0 Å². The molecular weight excluding hydrogens is 208 g/mol. The minimum atomic E-state index is -0.544. The van der Waals surface area contributed by atoms with Crippen molar-refractivity contribution in [1.82, 2.24) is 25.9 Å². The van der Waals surface area contributed by atoms with Gasteiger partial charge in [0.25, 0.3) is 0 Å². The molecule has 7 heteroatoms. The molecule has 0 fully saturated rings. The zero-order valence-electron chi connectivity index (χ0n) is 9.82. The minimum absolute atomic E-state index is 0.0881. The van der Waals surface area contributed by atoms with Crippen molar-refractivity contribution in [2.24, 2.45) is 11.1 Å². The van der Waals surface area contributed by atoms with Crippen LogP contribution in [0.1, 0.15) is 39.1 Å². The number of carbonyl (C=O) groups is 1. The number of H-pyrrole nitrogens is 1. The number of rotatable bonds is 5. The van der Waals surface area contributed by atoms with E-state index in [2.05, 4.69) is 25.9 Å². The standard InChI is InChI=1S/C9H18N6O/c1-4-9(3,5-10)8(16)11-6(2)7-12-14-15-13-7/h6H,4-5,10H2,1-3H3,(H,11,16)(H,12,13,14,15). The quantitative estimate of drug-likeness (QED) is 0.641. The van der Waals surface area contributed by atoms with Crippen LogP contribution in [0.2, 0.25) is 0 Å². The Balaban J connectivity index is 2.64. The van der Waals surface area contributed by atoms with Crippen molar-refractivity contribution in [3.8, 4) is 0 Å². The van der Waals surface area contributed by atoms with Crippen molar-refractivity contribution >= 4 is 5.91 Å². The molecule has 1 rings (SSSR count). The topological polar surface area (TPSA) is 110 Å². The summed E-state index contributed by atoms with van der Waals surface area (Å²) in [6, 6.07) is -0.274. The highest BCUT2D eigenvalue weighted by molar-refractivity contribution is 5.82. The Morgan fingerprint density at radius 1 is 1.69 bits per heavy atom. The van der Waals surface area contributed by atoms with E-state index < -0.39 is 5.41 Å². The van der Waals surface area contributed by atoms with E-state index in [0.29, 0.717) is 18.8 Å². The van der Waals surface area contributed by atoms with Crippen LogP contribution in [-0.2, 0) is 4.79 Å². The molecule has 90 valence electrons. The Kier molecular flexibility index (Phi) is 3.94. The zero-order chi connectivity index (χ0) is 12.2. The van der Waals surface area contributed by atoms with E-state index in [1.807, 2.05) is 13.8 Å². The van der Waals surface area contributed by atoms with E-state index in [4.69, 9.17) is 5.73 Å². The fraction of sp³-hybridized carbons (Fsp3) is 0.778. The van der Waals surface area contributed by atoms with Gasteiger partial charge in [0.2, 0.25) is 5.91 Å². The average molecular weight is 226 g/mol. The smallest absolute Gasteiger partial charge is 0.227 e. The summed E-state index contributed by atoms with van der Waals surface area (Å²) in [6.07, 6.45) is 0.689. The molecule has 0 spiro atoms. The van der Waals surface area contributed by atoms with Crippen molar-refractivity contribution in [2.75, 3.05) is 6.54 Å². The van der Waals surface area contributed by atoms with Crippen LogP contribution in [0.15, 0.2) is 0 Å². The maximum Gasteiger partial charge on any atom is 0.227 e. The van der Waals surface area contributed by atoms with Gasteiger partial charge in [-0.05, 0) is 20.3 Å². The predicted molar refractivity (Wildman–Crippen MR) is 58.2 cm³/mol. The first kappa shape index (κ1) is 12.6. The second kappa shape index (κ2) is 5.02. The van der Waals surface area contributed by atoms with Crippen molar-refractivity contribution in [3.63, 3.8) is 0 Å². The van der Waals surface area contributed by atoms with Gasteiger partial charge >= 0.3 is 0 Å². The Hall–Kier alpha value is -1.50. The molecule has 0 bridgehead atoms. The summed E-state index contributed by atoms with van der Waals surface area (Å²) in [5.74, 6) is 0.374. The van der Waals surface area contributed by atoms with E-state index in [1.54, 1.807) is 6.92 Å². The Labute approximate surface area is 94.2 Å². The molecule has 0 saturated carbocycles. The summed E-state index contributed by atoms with van der Waals surface area (Å²) in [5, 5.41) is 16.2. The summed E-state index contributed by atoms with van der Waals surface area (Å²) in [4.78, 5) is 12.0. The molecule has 1 amide bonds. The van der Waals surface area contributed by atoms with Crippen molar-refractivity contribution in [1.29, 1.82) is 0 Å². The summed E-state index contributed by atoms with van der Waals surface area (Å²) >= 11 is 0. The Bertz CT molecular complexity index is 332. The molecule has 0 saturated heterocycles. The molecule has 0 aliphatic rings. The van der Waals surface area contributed by atoms with Crippen LogP contribution in [0.5, 0.6) is 0 Å². The van der Waals surface area contributed by atoms with Gasteiger partial charge in [-0.25, -0.2) is 0 Å². The fourth-order valence-corrected chi connectivity index (χ4v) is 1.19. The number of hydrogen-bond donors (Lipinski definition) is 3. The summed E-state index contributed by atoms with van der Waals surface area (Å²) in [5.41, 5.74) is 5.06. The first-order chi connectivity index (χ1) is 7.53. The average Bonchev–Trinajstić information content (AvgIpc) is 2.81. The highest BCUT2D eigenvalue weighted by Crippen LogP contribution is 2.20. The normalized spacial score (nSPS) is 16.5. The summed E-state index contributed by atoms with van der Waals surface area (Å²) < 4.78 is 0. The van der Waals surface area contributed by atoms with Crippen LogP contribution in [-0.4, -0.2) is 33.1 Å². The van der Waals surface area contributed by atoms with Gasteiger partial charge in [-0.2, -0.15) is 5.21 Å². The highest BCUT2D eigenvalue weighted by atomic mass is 16.2. The van der Waals surface area contributed by atoms with Crippen LogP contribution in [0.3, 0.4) is 0 Å². The second-order valence-corrected chi connectivity index (χ2v) is 4.08. The monoisotopic (exact) mass is 226 g/mol. The largest absolute Gasteiger partial charge is 0.346 e. The van der Waals surface area contributed by atoms with Crippen LogP contribution in [0, 0.1) is 5.41 Å². The number of tetrazole rings is 1. The Morgan fingerprint density at radius 3 is 2.81 bits per heavy atom. The molecule has 4 N–H and O–H groups in total. The number of aromatic amines is 1. The molecule has 0 radical (unpaired) electrons. The number of aromatic nitrogens is 4. The van der Waals surface area contributed by atoms with Crippen molar-refractivity contribution in [2.45, 2.75) is 33.2 Å². The molecule has 2 atom stereocenters. The zero-order valence-corrected chi connectivity index (χ0v) is 9.82. The lowest BCUT2D eigenvalue weighted by Crippen LogP contribution is -2.44. The minimum Gasteiger partial charge on any atom is -0.346 e. The molecule has 2 unspecified atom stereocenters. The molecule has 0 aliphatic carbocycles. The number of nitrogens with two attached hydrogens (primary N) is 1. The summed E-state index contributed by atoms with van der Waals surface area (Å²) in [7, 11) is 0. The molecular formula is C9H18N6O. The number of hydrogen-bond acceptors (Lipinski definition) is 5. The highest BCUT2D eigenvalue weighted by Gasteiger charge is 2.31. The predicted octanol–water partition coefficient (Wildman–Crippen LogP) is -0.248. The Morgan fingerprint density at radius 2 is 2.38 bits per heavy atom. The number of nitrogens with zero attached hydrogens (tertiary/aromatic N) is 3. The van der Waals surface area contributed by atoms with Gasteiger partial charge in [0, 0.05) is 6.54 Å². The lowest BCUT2D eigenvalue weighted by Gasteiger charge is -2.26. The number of amides is 1. The fourth-order valence-electron chi connectivity index (χ4n) is 1.19. The first-order valence-electron chi connectivity index (χ1n) is 5.28. The summed E-state index contributed by atoms with van der Waals surface area (Å²) in [6.45, 7) is 5.89. The molecule has 1 heterocycles. The van der Waals surface area contributed by atoms with Gasteiger partial charge in [0.1, 0.15) is 0 Å². The number of nitrogens with one attached hydrogen (secondary N) is 2. The van der Waals surface area contributed by atoms with E-state index in [1.165, 1.54) is 0 Å². The van der Waals surface area contributed by atoms with E-state index >= 15 is 0 Å². The van der Waals surface area contributed by atoms with Gasteiger partial charge in [-0.15, -0.1) is 10.2 Å². The molecule has 0 aromatic carbocycles. The van der Waals surface area contributed by atoms with Crippen LogP contribution in [0.25, 0.3) is 0 Å². The van der Waals surface area contributed by atoms with Crippen LogP contribution < -0.4 is 11.1 Å². The molecule has 1 aromatic rings. The third-order valence-electron chi connectivity index (χ3n) is 2.88. The molecule has 0 aliphatic heterocycles. The lowest BCUT2D eigenvalue weighted by molar-refractivity contribution is -0.130. The van der Waals surface area contributed by atoms with E-state index in [9.17, 15) is 4.79 Å². The SMILES string of the molecule is CCC(C)(CN)C(=O)NC(C)c1nn[nH]n1. The van der Waals surface area contributed by atoms with Crippen molar-refractivity contribution in [3.05, 3.63) is 5.82 Å². The maximum atomic E-state index is 12.0. The van der Waals surface area contributed by atoms with Gasteiger partial charge in [-0.1, -0.05) is 12.1 Å². The van der Waals surface area contributed by atoms with E-state index in [0.717, 1.165) is 0 Å². The van der Waals surface area contributed by atoms with Gasteiger partial charge in [0.05, 0.1) is 11.5 Å². The van der Waals surface area contributed by atoms with E-state index in [-0.39, 0.29) is 11.9 Å².